The van der Waals surface area contributed by atoms with Crippen LogP contribution in [0.2, 0.25) is 0 Å². The number of para-hydroxylation sites is 1. The fourth-order valence-corrected chi connectivity index (χ4v) is 2.21. The molecule has 3 N–H and O–H groups in total. The first-order valence-corrected chi connectivity index (χ1v) is 7.95. The van der Waals surface area contributed by atoms with Gasteiger partial charge in [0.15, 0.2) is 0 Å². The summed E-state index contributed by atoms with van der Waals surface area (Å²) in [6.07, 6.45) is 0.862. The lowest BCUT2D eigenvalue weighted by atomic mass is 10.1. The minimum atomic E-state index is -0.374. The minimum absolute atomic E-state index is 0.0755. The third-order valence-corrected chi connectivity index (χ3v) is 3.57. The lowest BCUT2D eigenvalue weighted by Gasteiger charge is -2.08. The number of nitrogens with two attached hydrogens (primary N) is 1. The zero-order valence-electron chi connectivity index (χ0n) is 13.5. The highest BCUT2D eigenvalue weighted by Gasteiger charge is 2.08. The molecular weight excluding hydrogens is 304 g/mol. The summed E-state index contributed by atoms with van der Waals surface area (Å²) >= 11 is 0. The highest BCUT2D eigenvalue weighted by Crippen LogP contribution is 2.10. The normalized spacial score (nSPS) is 10.2. The van der Waals surface area contributed by atoms with Crippen LogP contribution in [0.5, 0.6) is 0 Å². The van der Waals surface area contributed by atoms with Gasteiger partial charge in [-0.25, -0.2) is 0 Å². The molecule has 0 fully saturated rings. The van der Waals surface area contributed by atoms with Crippen LogP contribution in [0, 0.1) is 0 Å². The summed E-state index contributed by atoms with van der Waals surface area (Å²) in [5.41, 5.74) is 8.49. The molecule has 0 saturated heterocycles. The molecule has 0 aromatic heterocycles. The number of carbonyl (C=O) groups excluding carboxylic acids is 2. The summed E-state index contributed by atoms with van der Waals surface area (Å²) in [6, 6.07) is 17.0. The van der Waals surface area contributed by atoms with E-state index in [1.54, 1.807) is 0 Å². The molecule has 0 aliphatic heterocycles. The van der Waals surface area contributed by atoms with Crippen LogP contribution < -0.4 is 11.1 Å². The Kier molecular flexibility index (Phi) is 6.83. The molecular formula is C19H22N2O3. The Balaban J connectivity index is 1.60. The number of hydrogen-bond acceptors (Lipinski definition) is 4. The number of nitrogen functional groups attached to an aromatic ring is 1. The van der Waals surface area contributed by atoms with Gasteiger partial charge in [-0.15, -0.1) is 0 Å². The first-order valence-electron chi connectivity index (χ1n) is 7.95. The van der Waals surface area contributed by atoms with Crippen molar-refractivity contribution < 1.29 is 14.3 Å². The molecule has 5 heteroatoms. The average molecular weight is 326 g/mol. The Labute approximate surface area is 141 Å². The van der Waals surface area contributed by atoms with E-state index in [1.807, 2.05) is 54.6 Å². The quantitative estimate of drug-likeness (QED) is 0.577. The fourth-order valence-electron chi connectivity index (χ4n) is 2.21. The zero-order chi connectivity index (χ0) is 17.2. The summed E-state index contributed by atoms with van der Waals surface area (Å²) in [5, 5.41) is 2.79. The number of amides is 1. The molecule has 126 valence electrons. The number of anilines is 1. The molecule has 0 bridgehead atoms. The van der Waals surface area contributed by atoms with E-state index in [0.29, 0.717) is 13.0 Å². The van der Waals surface area contributed by atoms with Crippen LogP contribution in [-0.2, 0) is 27.4 Å². The average Bonchev–Trinajstić information content (AvgIpc) is 2.61. The van der Waals surface area contributed by atoms with Gasteiger partial charge in [0.05, 0.1) is 6.42 Å². The van der Waals surface area contributed by atoms with Crippen molar-refractivity contribution in [3.8, 4) is 0 Å². The number of carbonyl (C=O) groups is 2. The van der Waals surface area contributed by atoms with Crippen LogP contribution in [0.4, 0.5) is 5.69 Å². The second-order valence-electron chi connectivity index (χ2n) is 5.45. The molecule has 2 aromatic carbocycles. The summed E-state index contributed by atoms with van der Waals surface area (Å²) in [7, 11) is 0. The van der Waals surface area contributed by atoms with Crippen molar-refractivity contribution in [1.82, 2.24) is 5.32 Å². The predicted octanol–water partition coefficient (Wildman–Crippen LogP) is 2.45. The smallest absolute Gasteiger partial charge is 0.306 e. The number of ether oxygens (including phenoxy) is 1. The van der Waals surface area contributed by atoms with Crippen molar-refractivity contribution in [2.24, 2.45) is 0 Å². The number of rotatable bonds is 8. The van der Waals surface area contributed by atoms with Crippen LogP contribution in [0.25, 0.3) is 0 Å². The number of benzene rings is 2. The zero-order valence-corrected chi connectivity index (χ0v) is 13.5. The van der Waals surface area contributed by atoms with Gasteiger partial charge in [0.1, 0.15) is 6.61 Å². The monoisotopic (exact) mass is 326 g/mol. The molecule has 0 aliphatic rings. The molecule has 0 spiro atoms. The maximum Gasteiger partial charge on any atom is 0.306 e. The molecule has 2 aromatic rings. The van der Waals surface area contributed by atoms with Crippen LogP contribution in [0.1, 0.15) is 24.0 Å². The third-order valence-electron chi connectivity index (χ3n) is 3.57. The number of hydrogen-bond donors (Lipinski definition) is 2. The van der Waals surface area contributed by atoms with Gasteiger partial charge in [-0.2, -0.15) is 0 Å². The van der Waals surface area contributed by atoms with E-state index >= 15 is 0 Å². The standard InChI is InChI=1S/C19H22N2O3/c20-17-9-5-4-8-16(17)12-13-21-18(22)10-11-19(23)24-14-15-6-2-1-3-7-15/h1-9H,10-14,20H2,(H,21,22). The van der Waals surface area contributed by atoms with Crippen molar-refractivity contribution in [2.45, 2.75) is 25.9 Å². The highest BCUT2D eigenvalue weighted by molar-refractivity contribution is 5.81. The van der Waals surface area contributed by atoms with E-state index in [1.165, 1.54) is 0 Å². The van der Waals surface area contributed by atoms with Crippen LogP contribution >= 0.6 is 0 Å². The Hall–Kier alpha value is -2.82. The van der Waals surface area contributed by atoms with Crippen LogP contribution in [-0.4, -0.2) is 18.4 Å². The van der Waals surface area contributed by atoms with Crippen molar-refractivity contribution in [3.05, 3.63) is 65.7 Å². The topological polar surface area (TPSA) is 81.4 Å². The first kappa shape index (κ1) is 17.5. The molecule has 5 nitrogen and oxygen atoms in total. The molecule has 2 rings (SSSR count). The van der Waals surface area contributed by atoms with Gasteiger partial charge in [0, 0.05) is 18.7 Å². The summed E-state index contributed by atoms with van der Waals surface area (Å²) in [5.74, 6) is -0.539. The minimum Gasteiger partial charge on any atom is -0.461 e. The molecule has 0 saturated carbocycles. The summed E-state index contributed by atoms with van der Waals surface area (Å²) in [4.78, 5) is 23.4. The summed E-state index contributed by atoms with van der Waals surface area (Å²) < 4.78 is 5.13. The lowest BCUT2D eigenvalue weighted by molar-refractivity contribution is -0.146. The Morgan fingerprint density at radius 1 is 0.958 bits per heavy atom. The van der Waals surface area contributed by atoms with Gasteiger partial charge in [0.25, 0.3) is 0 Å². The van der Waals surface area contributed by atoms with Gasteiger partial charge >= 0.3 is 5.97 Å². The molecule has 24 heavy (non-hydrogen) atoms. The SMILES string of the molecule is Nc1ccccc1CCNC(=O)CCC(=O)OCc1ccccc1. The first-order chi connectivity index (χ1) is 11.6. The molecule has 0 aliphatic carbocycles. The largest absolute Gasteiger partial charge is 0.461 e. The van der Waals surface area contributed by atoms with E-state index in [9.17, 15) is 9.59 Å². The predicted molar refractivity (Wildman–Crippen MR) is 93.0 cm³/mol. The van der Waals surface area contributed by atoms with Crippen molar-refractivity contribution in [1.29, 1.82) is 0 Å². The maximum absolute atomic E-state index is 11.7. The van der Waals surface area contributed by atoms with E-state index in [-0.39, 0.29) is 31.3 Å². The van der Waals surface area contributed by atoms with Gasteiger partial charge in [0.2, 0.25) is 5.91 Å². The van der Waals surface area contributed by atoms with Gasteiger partial charge in [-0.1, -0.05) is 48.5 Å². The van der Waals surface area contributed by atoms with E-state index in [4.69, 9.17) is 10.5 Å². The van der Waals surface area contributed by atoms with Crippen molar-refractivity contribution in [3.63, 3.8) is 0 Å². The Morgan fingerprint density at radius 2 is 1.67 bits per heavy atom. The van der Waals surface area contributed by atoms with Crippen molar-refractivity contribution >= 4 is 17.6 Å². The van der Waals surface area contributed by atoms with E-state index in [0.717, 1.165) is 16.8 Å². The van der Waals surface area contributed by atoms with Crippen LogP contribution in [0.15, 0.2) is 54.6 Å². The maximum atomic E-state index is 11.7. The third kappa shape index (κ3) is 6.12. The Bertz CT molecular complexity index is 671. The van der Waals surface area contributed by atoms with E-state index < -0.39 is 0 Å². The van der Waals surface area contributed by atoms with Gasteiger partial charge < -0.3 is 15.8 Å². The van der Waals surface area contributed by atoms with Crippen LogP contribution in [0.3, 0.4) is 0 Å². The molecule has 0 heterocycles. The lowest BCUT2D eigenvalue weighted by Crippen LogP contribution is -2.26. The molecule has 0 unspecified atom stereocenters. The fraction of sp³-hybridized carbons (Fsp3) is 0.263. The molecule has 1 amide bonds. The highest BCUT2D eigenvalue weighted by atomic mass is 16.5. The van der Waals surface area contributed by atoms with Gasteiger partial charge in [-0.3, -0.25) is 9.59 Å². The molecule has 0 atom stereocenters. The van der Waals surface area contributed by atoms with Gasteiger partial charge in [-0.05, 0) is 23.6 Å². The second kappa shape index (κ2) is 9.35. The molecule has 0 radical (unpaired) electrons. The Morgan fingerprint density at radius 3 is 2.42 bits per heavy atom. The van der Waals surface area contributed by atoms with Crippen molar-refractivity contribution in [2.75, 3.05) is 12.3 Å². The van der Waals surface area contributed by atoms with E-state index in [2.05, 4.69) is 5.32 Å². The number of nitrogens with one attached hydrogen (secondary N) is 1. The number of esters is 1. The second-order valence-corrected chi connectivity index (χ2v) is 5.45. The summed E-state index contributed by atoms with van der Waals surface area (Å²) in [6.45, 7) is 0.723.